The minimum absolute atomic E-state index is 0.00937. The molecule has 0 spiro atoms. The maximum Gasteiger partial charge on any atom is 0.245 e. The van der Waals surface area contributed by atoms with E-state index in [2.05, 4.69) is 43.2 Å². The fourth-order valence-electron chi connectivity index (χ4n) is 3.33. The van der Waals surface area contributed by atoms with Gasteiger partial charge in [0, 0.05) is 29.2 Å². The number of amides is 1. The average molecular weight is 311 g/mol. The number of H-pyrrole nitrogens is 1. The third-order valence-corrected chi connectivity index (χ3v) is 4.50. The maximum absolute atomic E-state index is 12.4. The lowest BCUT2D eigenvalue weighted by molar-refractivity contribution is -0.123. The number of carbonyl (C=O) groups is 1. The molecule has 3 rings (SSSR count). The van der Waals surface area contributed by atoms with Crippen molar-refractivity contribution < 1.29 is 4.79 Å². The number of nitrogens with zero attached hydrogens (tertiary/aromatic N) is 1. The van der Waals surface area contributed by atoms with Crippen LogP contribution in [0.4, 0.5) is 0 Å². The summed E-state index contributed by atoms with van der Waals surface area (Å²) in [5.74, 6) is 0.540. The molecule has 0 aliphatic carbocycles. The Bertz CT molecular complexity index is 729. The van der Waals surface area contributed by atoms with Gasteiger partial charge >= 0.3 is 0 Å². The fraction of sp³-hybridized carbons (Fsp3) is 0.474. The first-order valence-corrected chi connectivity index (χ1v) is 8.50. The first-order valence-electron chi connectivity index (χ1n) is 8.50. The highest BCUT2D eigenvalue weighted by molar-refractivity contribution is 5.99. The number of aromatic amines is 1. The van der Waals surface area contributed by atoms with Crippen LogP contribution in [0.25, 0.3) is 10.9 Å². The van der Waals surface area contributed by atoms with E-state index in [0.717, 1.165) is 30.5 Å². The quantitative estimate of drug-likeness (QED) is 0.872. The predicted octanol–water partition coefficient (Wildman–Crippen LogP) is 3.47. The first-order chi connectivity index (χ1) is 11.1. The standard InChI is InChI=1S/C19H25N3O/c1-4-15-17(22-19(23)18(21-15)9-12(2)3)10-13-11-20-16-8-6-5-7-14(13)16/h5-8,11-12,17-18,20H,4,9-10H2,1-3H3,(H,22,23). The van der Waals surface area contributed by atoms with Crippen molar-refractivity contribution in [3.05, 3.63) is 36.0 Å². The van der Waals surface area contributed by atoms with Crippen LogP contribution in [0.15, 0.2) is 35.5 Å². The molecule has 2 unspecified atom stereocenters. The van der Waals surface area contributed by atoms with Crippen LogP contribution < -0.4 is 5.32 Å². The van der Waals surface area contributed by atoms with E-state index in [9.17, 15) is 4.79 Å². The zero-order chi connectivity index (χ0) is 16.4. The maximum atomic E-state index is 12.4. The topological polar surface area (TPSA) is 57.2 Å². The first kappa shape index (κ1) is 15.8. The summed E-state index contributed by atoms with van der Waals surface area (Å²) >= 11 is 0. The lowest BCUT2D eigenvalue weighted by Crippen LogP contribution is -2.51. The van der Waals surface area contributed by atoms with Gasteiger partial charge < -0.3 is 10.3 Å². The SMILES string of the molecule is CCC1=NC(CC(C)C)C(=O)NC1Cc1c[nH]c2ccccc12. The van der Waals surface area contributed by atoms with E-state index >= 15 is 0 Å². The lowest BCUT2D eigenvalue weighted by atomic mass is 9.95. The summed E-state index contributed by atoms with van der Waals surface area (Å²) in [5, 5.41) is 4.42. The van der Waals surface area contributed by atoms with E-state index in [-0.39, 0.29) is 18.0 Å². The molecule has 122 valence electrons. The lowest BCUT2D eigenvalue weighted by Gasteiger charge is -2.29. The molecule has 23 heavy (non-hydrogen) atoms. The summed E-state index contributed by atoms with van der Waals surface area (Å²) < 4.78 is 0. The van der Waals surface area contributed by atoms with Gasteiger partial charge in [0.15, 0.2) is 0 Å². The molecular weight excluding hydrogens is 286 g/mol. The molecule has 2 N–H and O–H groups in total. The molecule has 0 fully saturated rings. The number of benzene rings is 1. The van der Waals surface area contributed by atoms with Gasteiger partial charge in [0.1, 0.15) is 6.04 Å². The van der Waals surface area contributed by atoms with Crippen molar-refractivity contribution in [1.82, 2.24) is 10.3 Å². The normalized spacial score (nSPS) is 21.6. The monoisotopic (exact) mass is 311 g/mol. The molecule has 0 radical (unpaired) electrons. The van der Waals surface area contributed by atoms with E-state index in [1.165, 1.54) is 10.9 Å². The number of aromatic nitrogens is 1. The van der Waals surface area contributed by atoms with Gasteiger partial charge in [-0.1, -0.05) is 39.0 Å². The Morgan fingerprint density at radius 3 is 2.78 bits per heavy atom. The molecule has 2 heterocycles. The van der Waals surface area contributed by atoms with Gasteiger partial charge in [-0.15, -0.1) is 0 Å². The molecule has 1 amide bonds. The molecule has 1 aromatic carbocycles. The Kier molecular flexibility index (Phi) is 4.51. The number of carbonyl (C=O) groups excluding carboxylic acids is 1. The van der Waals surface area contributed by atoms with Crippen molar-refractivity contribution >= 4 is 22.5 Å². The minimum atomic E-state index is -0.218. The summed E-state index contributed by atoms with van der Waals surface area (Å²) in [7, 11) is 0. The van der Waals surface area contributed by atoms with Crippen molar-refractivity contribution in [3.8, 4) is 0 Å². The molecule has 0 bridgehead atoms. The summed E-state index contributed by atoms with van der Waals surface area (Å²) in [6.45, 7) is 6.38. The Balaban J connectivity index is 1.83. The highest BCUT2D eigenvalue weighted by Crippen LogP contribution is 2.22. The third kappa shape index (κ3) is 3.31. The van der Waals surface area contributed by atoms with Crippen molar-refractivity contribution in [2.75, 3.05) is 0 Å². The number of rotatable bonds is 5. The predicted molar refractivity (Wildman–Crippen MR) is 94.9 cm³/mol. The molecule has 1 aliphatic rings. The molecule has 2 aromatic rings. The number of fused-ring (bicyclic) bond motifs is 1. The van der Waals surface area contributed by atoms with Gasteiger partial charge in [0.05, 0.1) is 6.04 Å². The van der Waals surface area contributed by atoms with E-state index in [1.54, 1.807) is 0 Å². The zero-order valence-electron chi connectivity index (χ0n) is 14.1. The molecule has 1 aliphatic heterocycles. The molecule has 0 saturated heterocycles. The van der Waals surface area contributed by atoms with Crippen LogP contribution in [0, 0.1) is 5.92 Å². The molecule has 1 aromatic heterocycles. The van der Waals surface area contributed by atoms with Crippen molar-refractivity contribution in [2.45, 2.75) is 52.1 Å². The number of para-hydroxylation sites is 1. The second kappa shape index (κ2) is 6.57. The molecule has 4 nitrogen and oxygen atoms in total. The van der Waals surface area contributed by atoms with Gasteiger partial charge in [0.2, 0.25) is 5.91 Å². The highest BCUT2D eigenvalue weighted by atomic mass is 16.2. The van der Waals surface area contributed by atoms with E-state index in [4.69, 9.17) is 4.99 Å². The smallest absolute Gasteiger partial charge is 0.245 e. The molecule has 0 saturated carbocycles. The third-order valence-electron chi connectivity index (χ3n) is 4.50. The summed E-state index contributed by atoms with van der Waals surface area (Å²) in [6, 6.07) is 8.06. The number of nitrogens with one attached hydrogen (secondary N) is 2. The van der Waals surface area contributed by atoms with Gasteiger partial charge in [-0.05, 0) is 30.4 Å². The Hall–Kier alpha value is -2.10. The van der Waals surface area contributed by atoms with Crippen LogP contribution in [-0.2, 0) is 11.2 Å². The van der Waals surface area contributed by atoms with Crippen LogP contribution in [0.1, 0.15) is 39.2 Å². The number of hydrogen-bond acceptors (Lipinski definition) is 2. The summed E-state index contributed by atoms with van der Waals surface area (Å²) in [4.78, 5) is 20.4. The van der Waals surface area contributed by atoms with Crippen LogP contribution in [0.2, 0.25) is 0 Å². The van der Waals surface area contributed by atoms with E-state index in [1.807, 2.05) is 18.3 Å². The van der Waals surface area contributed by atoms with Crippen LogP contribution >= 0.6 is 0 Å². The minimum Gasteiger partial charge on any atom is -0.361 e. The Labute approximate surface area is 137 Å². The van der Waals surface area contributed by atoms with Gasteiger partial charge in [-0.2, -0.15) is 0 Å². The van der Waals surface area contributed by atoms with E-state index in [0.29, 0.717) is 5.92 Å². The summed E-state index contributed by atoms with van der Waals surface area (Å²) in [6.07, 6.45) is 4.53. The van der Waals surface area contributed by atoms with Crippen molar-refractivity contribution in [2.24, 2.45) is 10.9 Å². The van der Waals surface area contributed by atoms with Crippen LogP contribution in [0.3, 0.4) is 0 Å². The van der Waals surface area contributed by atoms with Crippen LogP contribution in [0.5, 0.6) is 0 Å². The molecule has 2 atom stereocenters. The number of hydrogen-bond donors (Lipinski definition) is 2. The largest absolute Gasteiger partial charge is 0.361 e. The molecule has 4 heteroatoms. The van der Waals surface area contributed by atoms with Crippen molar-refractivity contribution in [3.63, 3.8) is 0 Å². The second-order valence-electron chi connectivity index (χ2n) is 6.74. The van der Waals surface area contributed by atoms with E-state index < -0.39 is 0 Å². The van der Waals surface area contributed by atoms with Crippen LogP contribution in [-0.4, -0.2) is 28.7 Å². The van der Waals surface area contributed by atoms with Gasteiger partial charge in [-0.25, -0.2) is 0 Å². The Morgan fingerprint density at radius 2 is 2.04 bits per heavy atom. The molecular formula is C19H25N3O. The average Bonchev–Trinajstić information content (AvgIpc) is 2.93. The van der Waals surface area contributed by atoms with Crippen molar-refractivity contribution in [1.29, 1.82) is 0 Å². The fourth-order valence-corrected chi connectivity index (χ4v) is 3.33. The number of aliphatic imine (C=N–C) groups is 1. The Morgan fingerprint density at radius 1 is 1.26 bits per heavy atom. The summed E-state index contributed by atoms with van der Waals surface area (Å²) in [5.41, 5.74) is 3.48. The van der Waals surface area contributed by atoms with Gasteiger partial charge in [-0.3, -0.25) is 9.79 Å². The van der Waals surface area contributed by atoms with Gasteiger partial charge in [0.25, 0.3) is 0 Å². The zero-order valence-corrected chi connectivity index (χ0v) is 14.1. The second-order valence-corrected chi connectivity index (χ2v) is 6.74. The highest BCUT2D eigenvalue weighted by Gasteiger charge is 2.30.